The van der Waals surface area contributed by atoms with Crippen LogP contribution in [-0.2, 0) is 24.9 Å². The number of ether oxygens (including phenoxy) is 2. The fourth-order valence-electron chi connectivity index (χ4n) is 7.98. The lowest BCUT2D eigenvalue weighted by Gasteiger charge is -2.13. The van der Waals surface area contributed by atoms with Crippen LogP contribution in [0, 0.1) is 0 Å². The average Bonchev–Trinajstić information content (AvgIpc) is 3.88. The number of hydrogen-bond donors (Lipinski definition) is 0. The van der Waals surface area contributed by atoms with Crippen LogP contribution in [0.2, 0.25) is 10.0 Å². The molecule has 5 aromatic carbocycles. The average molecular weight is 1010 g/mol. The van der Waals surface area contributed by atoms with Crippen molar-refractivity contribution in [3.8, 4) is 56.8 Å². The Balaban J connectivity index is 0.000000178. The van der Waals surface area contributed by atoms with Crippen molar-refractivity contribution in [2.75, 3.05) is 14.2 Å². The molecule has 10 rings (SSSR count). The smallest absolute Gasteiger partial charge is 0.354 e. The van der Waals surface area contributed by atoms with Gasteiger partial charge in [0.1, 0.15) is 5.69 Å². The van der Waals surface area contributed by atoms with Gasteiger partial charge in [-0.1, -0.05) is 138 Å². The van der Waals surface area contributed by atoms with Crippen molar-refractivity contribution in [1.82, 2.24) is 43.3 Å². The first-order valence-electron chi connectivity index (χ1n) is 22.1. The van der Waals surface area contributed by atoms with Gasteiger partial charge in [0.15, 0.2) is 11.3 Å². The number of alkyl halides is 4. The first kappa shape index (κ1) is 48.9. The van der Waals surface area contributed by atoms with Crippen molar-refractivity contribution in [1.29, 1.82) is 0 Å². The zero-order valence-electron chi connectivity index (χ0n) is 38.8. The molecule has 364 valence electrons. The standard InChI is InChI=1S/C27H21ClF2N4O2.C26H20ClF2N5O2/c1-27(29,30)20-12-8-17(9-13-20)16-33-26(35)34-24(32-33)22(18-6-4-3-5-7-18)23(31-25(34)36-2)19-10-14-21(28)15-11-19;1-26(28,29)20-13-8-16(14-30-20)15-33-25(35)34-23(32-33)21(17-6-4-3-5-7-17)22(31-24(34)36-2)18-9-11-19(27)12-10-18/h3-15H,16H2,1-2H3;3-14H,15H2,1-2H3. The van der Waals surface area contributed by atoms with Crippen LogP contribution in [0.5, 0.6) is 12.0 Å². The number of methoxy groups -OCH3 is 2. The fraction of sp³-hybridized carbons (Fsp3) is 0.151. The van der Waals surface area contributed by atoms with Crippen LogP contribution >= 0.6 is 23.2 Å². The highest BCUT2D eigenvalue weighted by Gasteiger charge is 2.28. The maximum absolute atomic E-state index is 13.6. The number of rotatable bonds is 12. The third kappa shape index (κ3) is 9.93. The van der Waals surface area contributed by atoms with E-state index in [9.17, 15) is 27.2 Å². The van der Waals surface area contributed by atoms with Gasteiger partial charge < -0.3 is 9.47 Å². The lowest BCUT2D eigenvalue weighted by molar-refractivity contribution is 0.0126. The van der Waals surface area contributed by atoms with Crippen LogP contribution in [0.25, 0.3) is 56.1 Å². The molecule has 5 heterocycles. The molecule has 13 nitrogen and oxygen atoms in total. The molecule has 0 bridgehead atoms. The molecule has 0 aliphatic carbocycles. The van der Waals surface area contributed by atoms with Gasteiger partial charge in [-0.15, -0.1) is 10.2 Å². The number of benzene rings is 5. The quantitative estimate of drug-likeness (QED) is 0.110. The molecular formula is C53H41Cl2F4N9O4. The Morgan fingerprint density at radius 2 is 0.931 bits per heavy atom. The first-order valence-corrected chi connectivity index (χ1v) is 22.9. The van der Waals surface area contributed by atoms with E-state index in [0.29, 0.717) is 55.0 Å². The number of aromatic nitrogens is 9. The molecule has 0 atom stereocenters. The van der Waals surface area contributed by atoms with Crippen molar-refractivity contribution in [2.45, 2.75) is 38.8 Å². The summed E-state index contributed by atoms with van der Waals surface area (Å²) in [5.41, 5.74) is 6.08. The van der Waals surface area contributed by atoms with Gasteiger partial charge in [-0.2, -0.15) is 27.6 Å². The van der Waals surface area contributed by atoms with E-state index in [1.54, 1.807) is 36.4 Å². The zero-order valence-corrected chi connectivity index (χ0v) is 40.3. The van der Waals surface area contributed by atoms with Crippen LogP contribution in [-0.4, -0.2) is 57.5 Å². The van der Waals surface area contributed by atoms with Crippen molar-refractivity contribution < 1.29 is 27.0 Å². The molecule has 0 saturated heterocycles. The minimum absolute atomic E-state index is 0.0245. The highest BCUT2D eigenvalue weighted by Crippen LogP contribution is 2.38. The highest BCUT2D eigenvalue weighted by molar-refractivity contribution is 6.31. The highest BCUT2D eigenvalue weighted by atomic mass is 35.5. The minimum Gasteiger partial charge on any atom is -0.468 e. The van der Waals surface area contributed by atoms with Gasteiger partial charge in [0.25, 0.3) is 11.8 Å². The maximum atomic E-state index is 13.6. The summed E-state index contributed by atoms with van der Waals surface area (Å²) in [5, 5.41) is 10.4. The second kappa shape index (κ2) is 19.9. The van der Waals surface area contributed by atoms with Crippen molar-refractivity contribution >= 4 is 34.5 Å². The molecule has 0 amide bonds. The van der Waals surface area contributed by atoms with Crippen LogP contribution in [0.4, 0.5) is 17.6 Å². The number of pyridine rings is 1. The predicted octanol–water partition coefficient (Wildman–Crippen LogP) is 11.5. The molecule has 0 saturated carbocycles. The summed E-state index contributed by atoms with van der Waals surface area (Å²) in [6, 6.07) is 42.1. The van der Waals surface area contributed by atoms with Crippen LogP contribution in [0.3, 0.4) is 0 Å². The van der Waals surface area contributed by atoms with Gasteiger partial charge >= 0.3 is 23.4 Å². The van der Waals surface area contributed by atoms with E-state index in [4.69, 9.17) is 32.7 Å². The van der Waals surface area contributed by atoms with Gasteiger partial charge in [0.2, 0.25) is 0 Å². The minimum atomic E-state index is -3.06. The molecule has 0 aliphatic heterocycles. The molecule has 0 unspecified atom stereocenters. The first-order chi connectivity index (χ1) is 34.5. The summed E-state index contributed by atoms with van der Waals surface area (Å²) in [6.07, 6.45) is 1.32. The van der Waals surface area contributed by atoms with Crippen LogP contribution in [0.1, 0.15) is 36.2 Å². The second-order valence-electron chi connectivity index (χ2n) is 16.6. The van der Waals surface area contributed by atoms with E-state index in [0.717, 1.165) is 36.1 Å². The Hall–Kier alpha value is -8.15. The summed E-state index contributed by atoms with van der Waals surface area (Å²) < 4.78 is 70.4. The molecule has 5 aromatic heterocycles. The Kier molecular flexibility index (Phi) is 13.5. The largest absolute Gasteiger partial charge is 0.468 e. The van der Waals surface area contributed by atoms with Gasteiger partial charge in [0, 0.05) is 46.8 Å². The zero-order chi connectivity index (χ0) is 50.9. The molecule has 10 aromatic rings. The van der Waals surface area contributed by atoms with Gasteiger partial charge in [-0.25, -0.2) is 27.7 Å². The van der Waals surface area contributed by atoms with Crippen molar-refractivity contribution in [2.24, 2.45) is 0 Å². The lowest BCUT2D eigenvalue weighted by atomic mass is 10.00. The molecule has 0 radical (unpaired) electrons. The van der Waals surface area contributed by atoms with Gasteiger partial charge in [-0.3, -0.25) is 4.98 Å². The lowest BCUT2D eigenvalue weighted by Crippen LogP contribution is -2.23. The number of halogens is 6. The Morgan fingerprint density at radius 3 is 1.31 bits per heavy atom. The SMILES string of the molecule is COc1nc(-c2ccc(Cl)cc2)c(-c2ccccc2)c2nn(Cc3ccc(C(C)(F)F)cc3)c(=O)n12.COc1nc(-c2ccc(Cl)cc2)c(-c2ccccc2)c2nn(Cc3ccc(C(C)(F)F)nc3)c(=O)n12. The molecule has 0 aliphatic rings. The summed E-state index contributed by atoms with van der Waals surface area (Å²) in [6.45, 7) is 1.74. The van der Waals surface area contributed by atoms with E-state index in [-0.39, 0.29) is 36.4 Å². The van der Waals surface area contributed by atoms with Crippen LogP contribution in [0.15, 0.2) is 161 Å². The third-order valence-corrected chi connectivity index (χ3v) is 12.0. The summed E-state index contributed by atoms with van der Waals surface area (Å²) in [4.78, 5) is 40.0. The Bertz CT molecular complexity index is 3430. The molecule has 0 spiro atoms. The fourth-order valence-corrected chi connectivity index (χ4v) is 8.23. The molecule has 0 N–H and O–H groups in total. The maximum Gasteiger partial charge on any atom is 0.354 e. The Morgan fingerprint density at radius 1 is 0.514 bits per heavy atom. The number of nitrogens with zero attached hydrogens (tertiary/aromatic N) is 9. The number of fused-ring (bicyclic) bond motifs is 2. The summed E-state index contributed by atoms with van der Waals surface area (Å²) in [5.74, 6) is -6.00. The van der Waals surface area contributed by atoms with Crippen molar-refractivity contribution in [3.05, 3.63) is 205 Å². The van der Waals surface area contributed by atoms with E-state index >= 15 is 0 Å². The van der Waals surface area contributed by atoms with Crippen LogP contribution < -0.4 is 20.9 Å². The monoisotopic (exact) mass is 1010 g/mol. The van der Waals surface area contributed by atoms with E-state index in [1.165, 1.54) is 62.8 Å². The normalized spacial score (nSPS) is 11.7. The Labute approximate surface area is 418 Å². The molecule has 0 fully saturated rings. The summed E-state index contributed by atoms with van der Waals surface area (Å²) in [7, 11) is 2.86. The van der Waals surface area contributed by atoms with Crippen molar-refractivity contribution in [3.63, 3.8) is 0 Å². The van der Waals surface area contributed by atoms with E-state index in [1.807, 2.05) is 84.9 Å². The predicted molar refractivity (Wildman–Crippen MR) is 267 cm³/mol. The molecule has 72 heavy (non-hydrogen) atoms. The second-order valence-corrected chi connectivity index (χ2v) is 17.5. The number of hydrogen-bond acceptors (Lipinski definition) is 9. The molecular weight excluding hydrogens is 974 g/mol. The van der Waals surface area contributed by atoms with E-state index in [2.05, 4.69) is 25.1 Å². The van der Waals surface area contributed by atoms with Gasteiger partial charge in [0.05, 0.1) is 49.8 Å². The summed E-state index contributed by atoms with van der Waals surface area (Å²) >= 11 is 12.2. The van der Waals surface area contributed by atoms with E-state index < -0.39 is 23.2 Å². The molecule has 19 heteroatoms. The van der Waals surface area contributed by atoms with Gasteiger partial charge in [-0.05, 0) is 52.6 Å². The third-order valence-electron chi connectivity index (χ3n) is 11.5. The topological polar surface area (TPSA) is 136 Å².